The number of benzene rings is 2. The van der Waals surface area contributed by atoms with E-state index in [1.165, 1.54) is 5.56 Å². The zero-order valence-corrected chi connectivity index (χ0v) is 13.0. The Bertz CT molecular complexity index is 572. The molecule has 0 bridgehead atoms. The molecule has 0 saturated carbocycles. The Balaban J connectivity index is 2.14. The summed E-state index contributed by atoms with van der Waals surface area (Å²) in [5, 5.41) is 11.1. The monoisotopic (exact) mass is 288 g/mol. The third kappa shape index (κ3) is 3.62. The molecule has 0 amide bonds. The number of hydrogen-bond donors (Lipinski definition) is 1. The van der Waals surface area contributed by atoms with Crippen molar-refractivity contribution in [3.8, 4) is 0 Å². The van der Waals surface area contributed by atoms with Gasteiger partial charge >= 0.3 is 0 Å². The molecule has 1 nitrogen and oxygen atoms in total. The number of aliphatic hydroxyl groups is 1. The first kappa shape index (κ1) is 15.1. The molecule has 0 aliphatic rings. The van der Waals surface area contributed by atoms with Crippen LogP contribution in [0.1, 0.15) is 48.1 Å². The van der Waals surface area contributed by atoms with Gasteiger partial charge in [0.2, 0.25) is 0 Å². The van der Waals surface area contributed by atoms with Gasteiger partial charge < -0.3 is 5.11 Å². The van der Waals surface area contributed by atoms with Gasteiger partial charge in [-0.2, -0.15) is 0 Å². The SMILES string of the molecule is Cc1ccc(Cl)cc1C(O)Cc1ccc(C(C)C)cc1. The lowest BCUT2D eigenvalue weighted by Gasteiger charge is -2.15. The van der Waals surface area contributed by atoms with Crippen LogP contribution in [-0.4, -0.2) is 5.11 Å². The van der Waals surface area contributed by atoms with Crippen molar-refractivity contribution in [2.24, 2.45) is 0 Å². The van der Waals surface area contributed by atoms with Crippen molar-refractivity contribution in [2.75, 3.05) is 0 Å². The second-order valence-electron chi connectivity index (χ2n) is 5.62. The molecule has 1 unspecified atom stereocenters. The van der Waals surface area contributed by atoms with Crippen molar-refractivity contribution in [1.29, 1.82) is 0 Å². The molecule has 0 aliphatic carbocycles. The Labute approximate surface area is 126 Å². The summed E-state index contributed by atoms with van der Waals surface area (Å²) in [5.74, 6) is 0.532. The van der Waals surface area contributed by atoms with E-state index in [9.17, 15) is 5.11 Å². The smallest absolute Gasteiger partial charge is 0.0833 e. The molecule has 1 N–H and O–H groups in total. The molecule has 2 heteroatoms. The van der Waals surface area contributed by atoms with E-state index >= 15 is 0 Å². The van der Waals surface area contributed by atoms with E-state index < -0.39 is 6.10 Å². The Morgan fingerprint density at radius 3 is 2.30 bits per heavy atom. The Kier molecular flexibility index (Phi) is 4.85. The van der Waals surface area contributed by atoms with Crippen LogP contribution in [-0.2, 0) is 6.42 Å². The maximum atomic E-state index is 10.4. The van der Waals surface area contributed by atoms with Crippen LogP contribution in [0.2, 0.25) is 5.02 Å². The van der Waals surface area contributed by atoms with Crippen LogP contribution in [0, 0.1) is 6.92 Å². The number of rotatable bonds is 4. The van der Waals surface area contributed by atoms with Gasteiger partial charge in [-0.15, -0.1) is 0 Å². The predicted molar refractivity (Wildman–Crippen MR) is 85.4 cm³/mol. The third-order valence-electron chi connectivity index (χ3n) is 3.68. The largest absolute Gasteiger partial charge is 0.388 e. The van der Waals surface area contributed by atoms with E-state index in [1.54, 1.807) is 0 Å². The summed E-state index contributed by atoms with van der Waals surface area (Å²) < 4.78 is 0. The average Bonchev–Trinajstić information content (AvgIpc) is 2.42. The zero-order valence-electron chi connectivity index (χ0n) is 12.2. The molecule has 0 aromatic heterocycles. The number of hydrogen-bond acceptors (Lipinski definition) is 1. The first-order valence-corrected chi connectivity index (χ1v) is 7.38. The first-order chi connectivity index (χ1) is 9.47. The van der Waals surface area contributed by atoms with Crippen LogP contribution in [0.4, 0.5) is 0 Å². The topological polar surface area (TPSA) is 20.2 Å². The summed E-state index contributed by atoms with van der Waals surface area (Å²) in [7, 11) is 0. The highest BCUT2D eigenvalue weighted by atomic mass is 35.5. The van der Waals surface area contributed by atoms with E-state index in [2.05, 4.69) is 38.1 Å². The fourth-order valence-electron chi connectivity index (χ4n) is 2.34. The highest BCUT2D eigenvalue weighted by molar-refractivity contribution is 6.30. The van der Waals surface area contributed by atoms with Crippen LogP contribution in [0.5, 0.6) is 0 Å². The van der Waals surface area contributed by atoms with E-state index in [4.69, 9.17) is 11.6 Å². The van der Waals surface area contributed by atoms with Crippen molar-refractivity contribution in [3.05, 3.63) is 69.7 Å². The average molecular weight is 289 g/mol. The molecule has 0 spiro atoms. The third-order valence-corrected chi connectivity index (χ3v) is 3.91. The molecule has 106 valence electrons. The van der Waals surface area contributed by atoms with E-state index in [0.717, 1.165) is 16.7 Å². The van der Waals surface area contributed by atoms with Crippen molar-refractivity contribution in [3.63, 3.8) is 0 Å². The summed E-state index contributed by atoms with van der Waals surface area (Å²) >= 11 is 6.01. The summed E-state index contributed by atoms with van der Waals surface area (Å²) in [6.45, 7) is 6.36. The maximum Gasteiger partial charge on any atom is 0.0833 e. The van der Waals surface area contributed by atoms with Crippen LogP contribution >= 0.6 is 11.6 Å². The van der Waals surface area contributed by atoms with Gasteiger partial charge in [0.05, 0.1) is 6.10 Å². The molecule has 0 radical (unpaired) electrons. The minimum Gasteiger partial charge on any atom is -0.388 e. The quantitative estimate of drug-likeness (QED) is 0.835. The molecule has 2 aromatic rings. The normalized spacial score (nSPS) is 12.7. The zero-order chi connectivity index (χ0) is 14.7. The highest BCUT2D eigenvalue weighted by Gasteiger charge is 2.12. The Hall–Kier alpha value is -1.31. The van der Waals surface area contributed by atoms with Gasteiger partial charge in [-0.25, -0.2) is 0 Å². The number of aryl methyl sites for hydroxylation is 1. The van der Waals surface area contributed by atoms with E-state index in [0.29, 0.717) is 17.4 Å². The summed E-state index contributed by atoms with van der Waals surface area (Å²) in [4.78, 5) is 0. The standard InChI is InChI=1S/C18H21ClO/c1-12(2)15-7-5-14(6-8-15)10-18(20)17-11-16(19)9-4-13(17)3/h4-9,11-12,18,20H,10H2,1-3H3. The van der Waals surface area contributed by atoms with Crippen molar-refractivity contribution in [2.45, 2.75) is 39.2 Å². The molecule has 0 aliphatic heterocycles. The lowest BCUT2D eigenvalue weighted by Crippen LogP contribution is -2.04. The van der Waals surface area contributed by atoms with Gasteiger partial charge in [0.25, 0.3) is 0 Å². The lowest BCUT2D eigenvalue weighted by molar-refractivity contribution is 0.177. The fraction of sp³-hybridized carbons (Fsp3) is 0.333. The van der Waals surface area contributed by atoms with Crippen LogP contribution in [0.15, 0.2) is 42.5 Å². The van der Waals surface area contributed by atoms with Crippen LogP contribution < -0.4 is 0 Å². The molecule has 0 fully saturated rings. The van der Waals surface area contributed by atoms with Gasteiger partial charge in [0.15, 0.2) is 0 Å². The summed E-state index contributed by atoms with van der Waals surface area (Å²) in [6, 6.07) is 14.1. The molecule has 2 rings (SSSR count). The number of halogens is 1. The second kappa shape index (κ2) is 6.43. The Morgan fingerprint density at radius 1 is 1.05 bits per heavy atom. The highest BCUT2D eigenvalue weighted by Crippen LogP contribution is 2.25. The van der Waals surface area contributed by atoms with Crippen LogP contribution in [0.25, 0.3) is 0 Å². The molecule has 20 heavy (non-hydrogen) atoms. The minimum atomic E-state index is -0.515. The number of aliphatic hydroxyl groups excluding tert-OH is 1. The lowest BCUT2D eigenvalue weighted by atomic mass is 9.96. The second-order valence-corrected chi connectivity index (χ2v) is 6.05. The summed E-state index contributed by atoms with van der Waals surface area (Å²) in [6.07, 6.45) is 0.0955. The Morgan fingerprint density at radius 2 is 1.70 bits per heavy atom. The summed E-state index contributed by atoms with van der Waals surface area (Å²) in [5.41, 5.74) is 4.44. The van der Waals surface area contributed by atoms with Gasteiger partial charge in [0.1, 0.15) is 0 Å². The van der Waals surface area contributed by atoms with Crippen LogP contribution in [0.3, 0.4) is 0 Å². The minimum absolute atomic E-state index is 0.515. The fourth-order valence-corrected chi connectivity index (χ4v) is 2.52. The molecule has 0 saturated heterocycles. The molecule has 0 heterocycles. The van der Waals surface area contributed by atoms with Gasteiger partial charge in [0, 0.05) is 11.4 Å². The van der Waals surface area contributed by atoms with Gasteiger partial charge in [-0.3, -0.25) is 0 Å². The molecular formula is C18H21ClO. The van der Waals surface area contributed by atoms with Crippen molar-refractivity contribution in [1.82, 2.24) is 0 Å². The van der Waals surface area contributed by atoms with Crippen molar-refractivity contribution < 1.29 is 5.11 Å². The molecule has 1 atom stereocenters. The van der Waals surface area contributed by atoms with Gasteiger partial charge in [-0.05, 0) is 47.2 Å². The maximum absolute atomic E-state index is 10.4. The van der Waals surface area contributed by atoms with Crippen molar-refractivity contribution >= 4 is 11.6 Å². The predicted octanol–water partition coefficient (Wildman–Crippen LogP) is 5.05. The van der Waals surface area contributed by atoms with Gasteiger partial charge in [-0.1, -0.05) is 55.8 Å². The van der Waals surface area contributed by atoms with E-state index in [1.807, 2.05) is 25.1 Å². The molecular weight excluding hydrogens is 268 g/mol. The van der Waals surface area contributed by atoms with E-state index in [-0.39, 0.29) is 0 Å². The molecule has 2 aromatic carbocycles. The first-order valence-electron chi connectivity index (χ1n) is 7.00.